The van der Waals surface area contributed by atoms with Crippen molar-refractivity contribution < 1.29 is 46.8 Å². The molecule has 0 spiro atoms. The number of aliphatic hydroxyl groups is 2. The number of nitrogens with one attached hydrogen (secondary N) is 2. The van der Waals surface area contributed by atoms with Crippen molar-refractivity contribution in [3.63, 3.8) is 0 Å². The minimum absolute atomic E-state index is 0.0301. The lowest BCUT2D eigenvalue weighted by Gasteiger charge is -2.33. The van der Waals surface area contributed by atoms with E-state index in [9.17, 15) is 37.4 Å². The number of alkyl halides is 3. The smallest absolute Gasteiger partial charge is 0.424 e. The predicted octanol–water partition coefficient (Wildman–Crippen LogP) is 4.21. The lowest BCUT2D eigenvalue weighted by atomic mass is 9.88. The normalized spacial score (nSPS) is 13.9. The molecular formula is C30H33F4N3O6. The van der Waals surface area contributed by atoms with Gasteiger partial charge in [-0.05, 0) is 80.9 Å². The summed E-state index contributed by atoms with van der Waals surface area (Å²) in [5.74, 6) is -1.70. The van der Waals surface area contributed by atoms with Crippen LogP contribution < -0.4 is 20.1 Å². The first-order chi connectivity index (χ1) is 20.0. The largest absolute Gasteiger partial charge is 0.493 e. The Bertz CT molecular complexity index is 1460. The van der Waals surface area contributed by atoms with E-state index < -0.39 is 53.3 Å². The van der Waals surface area contributed by atoms with E-state index in [4.69, 9.17) is 9.47 Å². The highest BCUT2D eigenvalue weighted by Gasteiger charge is 2.56. The molecule has 2 unspecified atom stereocenters. The van der Waals surface area contributed by atoms with E-state index >= 15 is 0 Å². The van der Waals surface area contributed by atoms with Gasteiger partial charge in [0.25, 0.3) is 5.91 Å². The Morgan fingerprint density at radius 3 is 2.23 bits per heavy atom. The van der Waals surface area contributed by atoms with Crippen LogP contribution in [0.3, 0.4) is 0 Å². The maximum Gasteiger partial charge on any atom is 0.424 e. The Morgan fingerprint density at radius 2 is 1.67 bits per heavy atom. The van der Waals surface area contributed by atoms with E-state index in [1.165, 1.54) is 57.4 Å². The van der Waals surface area contributed by atoms with E-state index in [0.717, 1.165) is 18.2 Å². The molecule has 2 aromatic carbocycles. The molecule has 13 heteroatoms. The van der Waals surface area contributed by atoms with Gasteiger partial charge in [-0.2, -0.15) is 13.2 Å². The van der Waals surface area contributed by atoms with Crippen LogP contribution in [0.25, 0.3) is 11.3 Å². The van der Waals surface area contributed by atoms with Gasteiger partial charge in [-0.1, -0.05) is 0 Å². The van der Waals surface area contributed by atoms with Gasteiger partial charge >= 0.3 is 6.18 Å². The van der Waals surface area contributed by atoms with E-state index in [2.05, 4.69) is 15.6 Å². The van der Waals surface area contributed by atoms with Crippen LogP contribution in [0.1, 0.15) is 49.3 Å². The van der Waals surface area contributed by atoms with Crippen LogP contribution in [0.5, 0.6) is 11.5 Å². The number of aromatic nitrogens is 1. The average molecular weight is 608 g/mol. The van der Waals surface area contributed by atoms with Gasteiger partial charge in [-0.15, -0.1) is 0 Å². The topological polar surface area (TPSA) is 130 Å². The number of carbonyl (C=O) groups excluding carboxylic acids is 2. The lowest BCUT2D eigenvalue weighted by molar-refractivity contribution is -0.265. The summed E-state index contributed by atoms with van der Waals surface area (Å²) >= 11 is 0. The summed E-state index contributed by atoms with van der Waals surface area (Å²) in [5, 5.41) is 25.4. The van der Waals surface area contributed by atoms with E-state index in [1.807, 2.05) is 0 Å². The molecule has 2 atom stereocenters. The summed E-state index contributed by atoms with van der Waals surface area (Å²) < 4.78 is 67.9. The zero-order chi connectivity index (χ0) is 32.2. The summed E-state index contributed by atoms with van der Waals surface area (Å²) in [5.41, 5.74) is -5.44. The second-order valence-electron chi connectivity index (χ2n) is 10.5. The average Bonchev–Trinajstić information content (AvgIpc) is 2.93. The van der Waals surface area contributed by atoms with E-state index in [-0.39, 0.29) is 40.5 Å². The van der Waals surface area contributed by atoms with Crippen LogP contribution >= 0.6 is 0 Å². The monoisotopic (exact) mass is 607 g/mol. The van der Waals surface area contributed by atoms with Crippen molar-refractivity contribution >= 4 is 11.8 Å². The van der Waals surface area contributed by atoms with E-state index in [0.29, 0.717) is 0 Å². The lowest BCUT2D eigenvalue weighted by Crippen LogP contribution is -2.52. The quantitative estimate of drug-likeness (QED) is 0.241. The second kappa shape index (κ2) is 13.0. The number of carbonyl (C=O) groups is 2. The highest BCUT2D eigenvalue weighted by molar-refractivity contribution is 5.95. The number of nitrogens with zero attached hydrogens (tertiary/aromatic N) is 1. The molecule has 9 nitrogen and oxygen atoms in total. The Balaban J connectivity index is 2.04. The molecule has 3 rings (SSSR count). The van der Waals surface area contributed by atoms with Crippen LogP contribution in [0, 0.1) is 5.82 Å². The summed E-state index contributed by atoms with van der Waals surface area (Å²) in [6, 6.07) is 11.1. The number of hydrogen-bond donors (Lipinski definition) is 4. The SMILES string of the molecule is COc1cc(C(=O)NCC(O)(c2cc(C(C)(C)NC(C)=O)cc(-c3ccc(F)cc3)n2)C(F)(F)F)ccc1OCC(C)O. The third kappa shape index (κ3) is 7.99. The number of aliphatic hydroxyl groups excluding tert-OH is 1. The van der Waals surface area contributed by atoms with Crippen molar-refractivity contribution in [3.05, 3.63) is 77.2 Å². The summed E-state index contributed by atoms with van der Waals surface area (Å²) in [6.45, 7) is 4.47. The molecule has 232 valence electrons. The minimum Gasteiger partial charge on any atom is -0.493 e. The van der Waals surface area contributed by atoms with Gasteiger partial charge < -0.3 is 30.3 Å². The molecule has 4 N–H and O–H groups in total. The zero-order valence-corrected chi connectivity index (χ0v) is 24.2. The van der Waals surface area contributed by atoms with Gasteiger partial charge in [0.05, 0.1) is 36.7 Å². The molecule has 0 saturated heterocycles. The maximum atomic E-state index is 14.6. The van der Waals surface area contributed by atoms with Crippen molar-refractivity contribution in [1.82, 2.24) is 15.6 Å². The summed E-state index contributed by atoms with van der Waals surface area (Å²) in [7, 11) is 1.30. The summed E-state index contributed by atoms with van der Waals surface area (Å²) in [4.78, 5) is 28.8. The van der Waals surface area contributed by atoms with Gasteiger partial charge in [0.15, 0.2) is 11.5 Å². The number of hydrogen-bond acceptors (Lipinski definition) is 7. The molecule has 2 amide bonds. The first-order valence-electron chi connectivity index (χ1n) is 13.1. The van der Waals surface area contributed by atoms with Gasteiger partial charge in [0.2, 0.25) is 11.5 Å². The van der Waals surface area contributed by atoms with Crippen LogP contribution in [0.4, 0.5) is 17.6 Å². The molecule has 1 aromatic heterocycles. The Labute approximate surface area is 245 Å². The molecule has 0 aliphatic carbocycles. The third-order valence-electron chi connectivity index (χ3n) is 6.48. The van der Waals surface area contributed by atoms with Gasteiger partial charge in [-0.25, -0.2) is 9.37 Å². The van der Waals surface area contributed by atoms with Gasteiger partial charge in [0, 0.05) is 18.1 Å². The van der Waals surface area contributed by atoms with Crippen LogP contribution in [0.15, 0.2) is 54.6 Å². The number of ether oxygens (including phenoxy) is 2. The van der Waals surface area contributed by atoms with Crippen molar-refractivity contribution in [2.24, 2.45) is 0 Å². The number of amides is 2. The highest BCUT2D eigenvalue weighted by atomic mass is 19.4. The molecule has 1 heterocycles. The van der Waals surface area contributed by atoms with Crippen molar-refractivity contribution in [2.45, 2.75) is 51.1 Å². The fraction of sp³-hybridized carbons (Fsp3) is 0.367. The maximum absolute atomic E-state index is 14.6. The first-order valence-corrected chi connectivity index (χ1v) is 13.1. The number of benzene rings is 2. The Morgan fingerprint density at radius 1 is 1.02 bits per heavy atom. The van der Waals surface area contributed by atoms with E-state index in [1.54, 1.807) is 13.8 Å². The molecule has 0 fully saturated rings. The van der Waals surface area contributed by atoms with Crippen molar-refractivity contribution in [2.75, 3.05) is 20.3 Å². The molecule has 43 heavy (non-hydrogen) atoms. The minimum atomic E-state index is -5.32. The Hall–Kier alpha value is -4.23. The second-order valence-corrected chi connectivity index (χ2v) is 10.5. The van der Waals surface area contributed by atoms with Crippen molar-refractivity contribution in [3.8, 4) is 22.8 Å². The molecule has 0 aliphatic heterocycles. The van der Waals surface area contributed by atoms with Gasteiger partial charge in [-0.3, -0.25) is 9.59 Å². The molecule has 3 aromatic rings. The number of pyridine rings is 1. The molecule has 0 bridgehead atoms. The fourth-order valence-electron chi connectivity index (χ4n) is 4.17. The van der Waals surface area contributed by atoms with Crippen LogP contribution in [-0.2, 0) is 15.9 Å². The predicted molar refractivity (Wildman–Crippen MR) is 149 cm³/mol. The molecule has 0 radical (unpaired) electrons. The van der Waals surface area contributed by atoms with Gasteiger partial charge in [0.1, 0.15) is 12.4 Å². The highest BCUT2D eigenvalue weighted by Crippen LogP contribution is 2.40. The number of rotatable bonds is 11. The molecule has 0 saturated carbocycles. The zero-order valence-electron chi connectivity index (χ0n) is 24.2. The third-order valence-corrected chi connectivity index (χ3v) is 6.48. The number of halogens is 4. The number of methoxy groups -OCH3 is 1. The molecular weight excluding hydrogens is 574 g/mol. The Kier molecular flexibility index (Phi) is 10.0. The summed E-state index contributed by atoms with van der Waals surface area (Å²) in [6.07, 6.45) is -6.10. The van der Waals surface area contributed by atoms with Crippen LogP contribution in [-0.4, -0.2) is 59.6 Å². The fourth-order valence-corrected chi connectivity index (χ4v) is 4.17. The van der Waals surface area contributed by atoms with Crippen molar-refractivity contribution in [1.29, 1.82) is 0 Å². The first kappa shape index (κ1) is 33.3. The standard InChI is InChI=1S/C30H33F4N3O6/c1-17(38)15-43-24-11-8-20(12-25(24)42-5)27(40)35-16-29(41,30(32,33)34)26-14-21(28(3,4)37-18(2)39)13-23(36-26)19-6-9-22(31)10-7-19/h6-14,17,38,41H,15-16H2,1-5H3,(H,35,40)(H,37,39). The molecule has 0 aliphatic rings. The van der Waals surface area contributed by atoms with Crippen LogP contribution in [0.2, 0.25) is 0 Å².